The third kappa shape index (κ3) is 5.77. The number of methoxy groups -OCH3 is 1. The number of halogens is 1. The highest BCUT2D eigenvalue weighted by atomic mass is 19.1. The summed E-state index contributed by atoms with van der Waals surface area (Å²) >= 11 is 0. The van der Waals surface area contributed by atoms with Crippen LogP contribution in [0.2, 0.25) is 0 Å². The van der Waals surface area contributed by atoms with E-state index in [1.807, 2.05) is 36.1 Å². The molecule has 3 rings (SSSR count). The van der Waals surface area contributed by atoms with Gasteiger partial charge in [-0.05, 0) is 36.8 Å². The van der Waals surface area contributed by atoms with Crippen LogP contribution in [-0.4, -0.2) is 61.4 Å². The molecule has 2 aromatic carbocycles. The Balaban J connectivity index is 1.44. The first-order chi connectivity index (χ1) is 13.9. The molecule has 2 amide bonds. The number of rotatable bonds is 6. The molecule has 1 saturated heterocycles. The van der Waals surface area contributed by atoms with Crippen molar-refractivity contribution in [2.24, 2.45) is 0 Å². The van der Waals surface area contributed by atoms with Gasteiger partial charge in [-0.1, -0.05) is 23.8 Å². The standard InChI is InChI=1S/C22H26FN3O3/c1-16-3-6-18(7-4-16)24-21(27)15-25-9-11-26(12-10-25)22(28)14-17-5-8-20(29-2)19(23)13-17/h3-8,13H,9-12,14-15H2,1-2H3,(H,24,27). The van der Waals surface area contributed by atoms with Gasteiger partial charge in [0.05, 0.1) is 20.1 Å². The number of nitrogens with one attached hydrogen (secondary N) is 1. The van der Waals surface area contributed by atoms with Gasteiger partial charge >= 0.3 is 0 Å². The third-order valence-electron chi connectivity index (χ3n) is 5.00. The van der Waals surface area contributed by atoms with Crippen LogP contribution in [0.25, 0.3) is 0 Å². The van der Waals surface area contributed by atoms with Crippen LogP contribution in [0.4, 0.5) is 10.1 Å². The van der Waals surface area contributed by atoms with Gasteiger partial charge in [-0.2, -0.15) is 0 Å². The minimum Gasteiger partial charge on any atom is -0.494 e. The first-order valence-electron chi connectivity index (χ1n) is 9.63. The molecule has 154 valence electrons. The predicted molar refractivity (Wildman–Crippen MR) is 109 cm³/mol. The molecular weight excluding hydrogens is 373 g/mol. The van der Waals surface area contributed by atoms with E-state index in [2.05, 4.69) is 5.32 Å². The van der Waals surface area contributed by atoms with Crippen molar-refractivity contribution < 1.29 is 18.7 Å². The Labute approximate surface area is 170 Å². The summed E-state index contributed by atoms with van der Waals surface area (Å²) in [6.45, 7) is 4.65. The van der Waals surface area contributed by atoms with Crippen molar-refractivity contribution in [2.75, 3.05) is 45.2 Å². The topological polar surface area (TPSA) is 61.9 Å². The Hall–Kier alpha value is -2.93. The second-order valence-electron chi connectivity index (χ2n) is 7.22. The Morgan fingerprint density at radius 2 is 1.76 bits per heavy atom. The number of aryl methyl sites for hydroxylation is 1. The number of anilines is 1. The lowest BCUT2D eigenvalue weighted by atomic mass is 10.1. The van der Waals surface area contributed by atoms with Crippen LogP contribution in [-0.2, 0) is 16.0 Å². The molecule has 7 heteroatoms. The van der Waals surface area contributed by atoms with Gasteiger partial charge in [-0.25, -0.2) is 4.39 Å². The van der Waals surface area contributed by atoms with E-state index in [0.29, 0.717) is 38.3 Å². The second kappa shape index (κ2) is 9.52. The quantitative estimate of drug-likeness (QED) is 0.811. The maximum Gasteiger partial charge on any atom is 0.238 e. The van der Waals surface area contributed by atoms with E-state index in [1.54, 1.807) is 11.0 Å². The molecule has 1 fully saturated rings. The average molecular weight is 399 g/mol. The lowest BCUT2D eigenvalue weighted by Crippen LogP contribution is -2.50. The van der Waals surface area contributed by atoms with Crippen molar-refractivity contribution in [3.8, 4) is 5.75 Å². The van der Waals surface area contributed by atoms with Crippen molar-refractivity contribution in [3.05, 3.63) is 59.4 Å². The fraction of sp³-hybridized carbons (Fsp3) is 0.364. The van der Waals surface area contributed by atoms with E-state index in [1.165, 1.54) is 19.2 Å². The van der Waals surface area contributed by atoms with Crippen LogP contribution in [0.3, 0.4) is 0 Å². The molecule has 6 nitrogen and oxygen atoms in total. The lowest BCUT2D eigenvalue weighted by molar-refractivity contribution is -0.132. The summed E-state index contributed by atoms with van der Waals surface area (Å²) in [4.78, 5) is 28.5. The minimum atomic E-state index is -0.470. The summed E-state index contributed by atoms with van der Waals surface area (Å²) < 4.78 is 18.7. The zero-order chi connectivity index (χ0) is 20.8. The molecule has 1 aliphatic rings. The van der Waals surface area contributed by atoms with Crippen molar-refractivity contribution in [1.29, 1.82) is 0 Å². The summed E-state index contributed by atoms with van der Waals surface area (Å²) in [5.41, 5.74) is 2.54. The van der Waals surface area contributed by atoms with Crippen LogP contribution in [0, 0.1) is 12.7 Å². The normalized spacial score (nSPS) is 14.5. The van der Waals surface area contributed by atoms with Crippen molar-refractivity contribution in [3.63, 3.8) is 0 Å². The fourth-order valence-electron chi connectivity index (χ4n) is 3.30. The van der Waals surface area contributed by atoms with Crippen LogP contribution in [0.5, 0.6) is 5.75 Å². The molecule has 1 aliphatic heterocycles. The first-order valence-corrected chi connectivity index (χ1v) is 9.63. The third-order valence-corrected chi connectivity index (χ3v) is 5.00. The smallest absolute Gasteiger partial charge is 0.238 e. The summed E-state index contributed by atoms with van der Waals surface area (Å²) in [6, 6.07) is 12.2. The van der Waals surface area contributed by atoms with Crippen LogP contribution < -0.4 is 10.1 Å². The van der Waals surface area contributed by atoms with Crippen LogP contribution in [0.1, 0.15) is 11.1 Å². The van der Waals surface area contributed by atoms with Gasteiger partial charge in [0.2, 0.25) is 11.8 Å². The van der Waals surface area contributed by atoms with Gasteiger partial charge in [0.25, 0.3) is 0 Å². The number of amides is 2. The molecule has 0 spiro atoms. The Kier molecular flexibility index (Phi) is 6.82. The number of hydrogen-bond donors (Lipinski definition) is 1. The van der Waals surface area contributed by atoms with E-state index in [4.69, 9.17) is 4.74 Å². The van der Waals surface area contributed by atoms with Gasteiger partial charge in [0, 0.05) is 31.9 Å². The van der Waals surface area contributed by atoms with E-state index >= 15 is 0 Å². The summed E-state index contributed by atoms with van der Waals surface area (Å²) in [5.74, 6) is -0.415. The number of benzene rings is 2. The molecule has 0 aliphatic carbocycles. The Bertz CT molecular complexity index is 862. The molecule has 2 aromatic rings. The number of carbonyl (C=O) groups is 2. The van der Waals surface area contributed by atoms with Gasteiger partial charge < -0.3 is 15.0 Å². The van der Waals surface area contributed by atoms with Crippen LogP contribution in [0.15, 0.2) is 42.5 Å². The highest BCUT2D eigenvalue weighted by Crippen LogP contribution is 2.18. The van der Waals surface area contributed by atoms with Crippen LogP contribution >= 0.6 is 0 Å². The molecule has 0 atom stereocenters. The first kappa shape index (κ1) is 20.8. The Morgan fingerprint density at radius 3 is 2.38 bits per heavy atom. The molecule has 0 aromatic heterocycles. The van der Waals surface area contributed by atoms with Crippen molar-refractivity contribution in [2.45, 2.75) is 13.3 Å². The molecule has 0 bridgehead atoms. The molecule has 1 N–H and O–H groups in total. The van der Waals surface area contributed by atoms with Crippen molar-refractivity contribution in [1.82, 2.24) is 9.80 Å². The molecular formula is C22H26FN3O3. The number of ether oxygens (including phenoxy) is 1. The fourth-order valence-corrected chi connectivity index (χ4v) is 3.30. The monoisotopic (exact) mass is 399 g/mol. The maximum absolute atomic E-state index is 13.8. The van der Waals surface area contributed by atoms with Crippen molar-refractivity contribution >= 4 is 17.5 Å². The van der Waals surface area contributed by atoms with Gasteiger partial charge in [-0.15, -0.1) is 0 Å². The number of hydrogen-bond acceptors (Lipinski definition) is 4. The number of piperazine rings is 1. The SMILES string of the molecule is COc1ccc(CC(=O)N2CCN(CC(=O)Nc3ccc(C)cc3)CC2)cc1F. The molecule has 0 unspecified atom stereocenters. The number of nitrogens with zero attached hydrogens (tertiary/aromatic N) is 2. The molecule has 1 heterocycles. The number of carbonyl (C=O) groups excluding carboxylic acids is 2. The van der Waals surface area contributed by atoms with Gasteiger partial charge in [0.15, 0.2) is 11.6 Å². The summed E-state index contributed by atoms with van der Waals surface area (Å²) in [6.07, 6.45) is 0.148. The summed E-state index contributed by atoms with van der Waals surface area (Å²) in [7, 11) is 1.41. The Morgan fingerprint density at radius 1 is 1.07 bits per heavy atom. The minimum absolute atomic E-state index is 0.0432. The van der Waals surface area contributed by atoms with E-state index in [0.717, 1.165) is 11.3 Å². The maximum atomic E-state index is 13.8. The largest absolute Gasteiger partial charge is 0.494 e. The summed E-state index contributed by atoms with van der Waals surface area (Å²) in [5, 5.41) is 2.89. The van der Waals surface area contributed by atoms with E-state index < -0.39 is 5.82 Å². The molecule has 29 heavy (non-hydrogen) atoms. The van der Waals surface area contributed by atoms with Gasteiger partial charge in [-0.3, -0.25) is 14.5 Å². The average Bonchev–Trinajstić information content (AvgIpc) is 2.70. The van der Waals surface area contributed by atoms with E-state index in [9.17, 15) is 14.0 Å². The highest BCUT2D eigenvalue weighted by Gasteiger charge is 2.22. The lowest BCUT2D eigenvalue weighted by Gasteiger charge is -2.34. The van der Waals surface area contributed by atoms with Gasteiger partial charge in [0.1, 0.15) is 0 Å². The molecule has 0 radical (unpaired) electrons. The predicted octanol–water partition coefficient (Wildman–Crippen LogP) is 2.47. The second-order valence-corrected chi connectivity index (χ2v) is 7.22. The zero-order valence-corrected chi connectivity index (χ0v) is 16.8. The molecule has 0 saturated carbocycles. The highest BCUT2D eigenvalue weighted by molar-refractivity contribution is 5.92. The zero-order valence-electron chi connectivity index (χ0n) is 16.8. The van der Waals surface area contributed by atoms with E-state index in [-0.39, 0.29) is 24.0 Å².